The van der Waals surface area contributed by atoms with Gasteiger partial charge in [-0.05, 0) is 6.92 Å². The zero-order valence-electron chi connectivity index (χ0n) is 6.87. The summed E-state index contributed by atoms with van der Waals surface area (Å²) in [6.45, 7) is 2.33. The van der Waals surface area contributed by atoms with Crippen molar-refractivity contribution in [3.63, 3.8) is 0 Å². The second kappa shape index (κ2) is 2.52. The summed E-state index contributed by atoms with van der Waals surface area (Å²) in [5.74, 6) is 1.04. The number of aryl methyl sites for hydroxylation is 1. The minimum Gasteiger partial charge on any atom is -0.326 e. The van der Waals surface area contributed by atoms with E-state index in [0.717, 1.165) is 0 Å². The molecular weight excluding hydrogens is 159 g/mol. The lowest BCUT2D eigenvalue weighted by Crippen LogP contribution is -2.33. The Morgan fingerprint density at radius 1 is 1.67 bits per heavy atom. The van der Waals surface area contributed by atoms with E-state index in [1.165, 1.54) is 0 Å². The molecule has 0 aliphatic carbocycles. The molecule has 5 heteroatoms. The fraction of sp³-hybridized carbons (Fsp3) is 0.714. The average molecular weight is 170 g/mol. The molecule has 0 bridgehead atoms. The van der Waals surface area contributed by atoms with Gasteiger partial charge in [0.15, 0.2) is 12.0 Å². The summed E-state index contributed by atoms with van der Waals surface area (Å²) in [5, 5.41) is 4.04. The maximum Gasteiger partial charge on any atom is 0.161 e. The summed E-state index contributed by atoms with van der Waals surface area (Å²) in [7, 11) is 0. The third-order valence-electron chi connectivity index (χ3n) is 2.00. The van der Waals surface area contributed by atoms with Gasteiger partial charge in [-0.15, -0.1) is 0 Å². The van der Waals surface area contributed by atoms with Gasteiger partial charge in [-0.25, -0.2) is 14.1 Å². The predicted octanol–water partition coefficient (Wildman–Crippen LogP) is 0.328. The molecule has 2 atom stereocenters. The van der Waals surface area contributed by atoms with Crippen molar-refractivity contribution in [1.82, 2.24) is 14.8 Å². The van der Waals surface area contributed by atoms with Crippen molar-refractivity contribution < 1.29 is 4.39 Å². The molecule has 0 amide bonds. The molecule has 0 radical (unpaired) electrons. The summed E-state index contributed by atoms with van der Waals surface area (Å²) in [6.07, 6.45) is -0.687. The molecule has 1 aromatic heterocycles. The van der Waals surface area contributed by atoms with Crippen LogP contribution in [-0.4, -0.2) is 20.8 Å². The lowest BCUT2D eigenvalue weighted by molar-refractivity contribution is 0.232. The zero-order valence-corrected chi connectivity index (χ0v) is 6.87. The standard InChI is InChI=1S/C7H11FN4/c1-4-10-7-6(8)2-5(9)3-12(7)11-4/h5-6H,2-3,9H2,1H3. The maximum atomic E-state index is 13.2. The second-order valence-electron chi connectivity index (χ2n) is 3.16. The first kappa shape index (κ1) is 7.67. The number of rotatable bonds is 0. The highest BCUT2D eigenvalue weighted by Gasteiger charge is 2.27. The number of nitrogens with zero attached hydrogens (tertiary/aromatic N) is 3. The van der Waals surface area contributed by atoms with Crippen LogP contribution in [0.15, 0.2) is 0 Å². The van der Waals surface area contributed by atoms with Gasteiger partial charge >= 0.3 is 0 Å². The monoisotopic (exact) mass is 170 g/mol. The first-order chi connectivity index (χ1) is 5.66. The van der Waals surface area contributed by atoms with E-state index in [0.29, 0.717) is 24.6 Å². The quantitative estimate of drug-likeness (QED) is 0.610. The van der Waals surface area contributed by atoms with Gasteiger partial charge in [0, 0.05) is 12.5 Å². The summed E-state index contributed by atoms with van der Waals surface area (Å²) in [4.78, 5) is 3.99. The molecule has 2 unspecified atom stereocenters. The Labute approximate surface area is 69.6 Å². The van der Waals surface area contributed by atoms with Gasteiger partial charge in [-0.1, -0.05) is 0 Å². The zero-order chi connectivity index (χ0) is 8.72. The van der Waals surface area contributed by atoms with Crippen molar-refractivity contribution in [2.24, 2.45) is 5.73 Å². The highest BCUT2D eigenvalue weighted by molar-refractivity contribution is 5.00. The van der Waals surface area contributed by atoms with Crippen LogP contribution in [0.4, 0.5) is 4.39 Å². The normalized spacial score (nSPS) is 28.6. The Balaban J connectivity index is 2.40. The van der Waals surface area contributed by atoms with Crippen LogP contribution in [0.2, 0.25) is 0 Å². The van der Waals surface area contributed by atoms with Gasteiger partial charge in [0.1, 0.15) is 5.82 Å². The lowest BCUT2D eigenvalue weighted by atomic mass is 10.1. The van der Waals surface area contributed by atoms with Crippen molar-refractivity contribution in [2.75, 3.05) is 0 Å². The van der Waals surface area contributed by atoms with Gasteiger partial charge in [-0.2, -0.15) is 5.10 Å². The number of fused-ring (bicyclic) bond motifs is 1. The number of hydrogen-bond acceptors (Lipinski definition) is 3. The first-order valence-corrected chi connectivity index (χ1v) is 3.98. The van der Waals surface area contributed by atoms with E-state index < -0.39 is 6.17 Å². The fourth-order valence-electron chi connectivity index (χ4n) is 1.51. The van der Waals surface area contributed by atoms with Crippen LogP contribution < -0.4 is 5.73 Å². The highest BCUT2D eigenvalue weighted by atomic mass is 19.1. The van der Waals surface area contributed by atoms with Gasteiger partial charge in [-0.3, -0.25) is 0 Å². The van der Waals surface area contributed by atoms with E-state index in [4.69, 9.17) is 5.73 Å². The Morgan fingerprint density at radius 3 is 3.17 bits per heavy atom. The summed E-state index contributed by atoms with van der Waals surface area (Å²) in [6, 6.07) is -0.131. The molecule has 12 heavy (non-hydrogen) atoms. The topological polar surface area (TPSA) is 56.7 Å². The number of halogens is 1. The molecule has 1 aliphatic rings. The van der Waals surface area contributed by atoms with Crippen LogP contribution in [-0.2, 0) is 6.54 Å². The van der Waals surface area contributed by atoms with E-state index in [-0.39, 0.29) is 6.04 Å². The first-order valence-electron chi connectivity index (χ1n) is 3.98. The van der Waals surface area contributed by atoms with Gasteiger partial charge in [0.2, 0.25) is 0 Å². The molecule has 0 saturated carbocycles. The molecule has 0 fully saturated rings. The lowest BCUT2D eigenvalue weighted by Gasteiger charge is -2.21. The van der Waals surface area contributed by atoms with Crippen LogP contribution in [0.3, 0.4) is 0 Å². The third-order valence-corrected chi connectivity index (χ3v) is 2.00. The molecule has 0 aromatic carbocycles. The number of alkyl halides is 1. The minimum atomic E-state index is -1.05. The number of hydrogen-bond donors (Lipinski definition) is 1. The summed E-state index contributed by atoms with van der Waals surface area (Å²) >= 11 is 0. The van der Waals surface area contributed by atoms with Crippen LogP contribution in [0.1, 0.15) is 24.2 Å². The van der Waals surface area contributed by atoms with E-state index in [2.05, 4.69) is 10.1 Å². The Hall–Kier alpha value is -0.970. The Kier molecular flexibility index (Phi) is 1.61. The van der Waals surface area contributed by atoms with Gasteiger partial charge in [0.25, 0.3) is 0 Å². The fourth-order valence-corrected chi connectivity index (χ4v) is 1.51. The number of nitrogens with two attached hydrogens (primary N) is 1. The van der Waals surface area contributed by atoms with Crippen molar-refractivity contribution in [2.45, 2.75) is 32.1 Å². The molecule has 66 valence electrons. The van der Waals surface area contributed by atoms with Crippen LogP contribution in [0.25, 0.3) is 0 Å². The molecule has 4 nitrogen and oxygen atoms in total. The van der Waals surface area contributed by atoms with Crippen LogP contribution >= 0.6 is 0 Å². The third kappa shape index (κ3) is 1.10. The van der Waals surface area contributed by atoms with E-state index in [1.807, 2.05) is 0 Å². The maximum absolute atomic E-state index is 13.2. The number of aromatic nitrogens is 3. The molecule has 2 heterocycles. The smallest absolute Gasteiger partial charge is 0.161 e. The Bertz CT molecular complexity index is 296. The highest BCUT2D eigenvalue weighted by Crippen LogP contribution is 2.25. The predicted molar refractivity (Wildman–Crippen MR) is 41.2 cm³/mol. The minimum absolute atomic E-state index is 0.131. The average Bonchev–Trinajstić information content (AvgIpc) is 2.29. The van der Waals surface area contributed by atoms with Crippen LogP contribution in [0, 0.1) is 6.92 Å². The molecule has 0 spiro atoms. The van der Waals surface area contributed by atoms with Crippen molar-refractivity contribution in [1.29, 1.82) is 0 Å². The molecule has 2 N–H and O–H groups in total. The van der Waals surface area contributed by atoms with Crippen LogP contribution in [0.5, 0.6) is 0 Å². The SMILES string of the molecule is Cc1nc2n(n1)CC(N)CC2F. The largest absolute Gasteiger partial charge is 0.326 e. The molecular formula is C7H11FN4. The second-order valence-corrected chi connectivity index (χ2v) is 3.16. The van der Waals surface area contributed by atoms with E-state index >= 15 is 0 Å². The summed E-state index contributed by atoms with van der Waals surface area (Å²) < 4.78 is 14.8. The molecule has 0 saturated heterocycles. The van der Waals surface area contributed by atoms with Crippen molar-refractivity contribution in [3.05, 3.63) is 11.6 Å². The van der Waals surface area contributed by atoms with Crippen molar-refractivity contribution in [3.8, 4) is 0 Å². The van der Waals surface area contributed by atoms with E-state index in [1.54, 1.807) is 11.6 Å². The van der Waals surface area contributed by atoms with Gasteiger partial charge in [0.05, 0.1) is 6.54 Å². The molecule has 1 aromatic rings. The Morgan fingerprint density at radius 2 is 2.42 bits per heavy atom. The van der Waals surface area contributed by atoms with Gasteiger partial charge < -0.3 is 5.73 Å². The van der Waals surface area contributed by atoms with E-state index in [9.17, 15) is 4.39 Å². The molecule has 2 rings (SSSR count). The summed E-state index contributed by atoms with van der Waals surface area (Å²) in [5.41, 5.74) is 5.62. The van der Waals surface area contributed by atoms with Crippen molar-refractivity contribution >= 4 is 0 Å². The molecule has 1 aliphatic heterocycles.